The van der Waals surface area contributed by atoms with Gasteiger partial charge in [0, 0.05) is 6.42 Å². The molecule has 2 fully saturated rings. The Kier molecular flexibility index (Phi) is 3.43. The van der Waals surface area contributed by atoms with Gasteiger partial charge in [0.2, 0.25) is 0 Å². The van der Waals surface area contributed by atoms with E-state index in [9.17, 15) is 4.79 Å². The lowest BCUT2D eigenvalue weighted by molar-refractivity contribution is -0.127. The first-order valence-electron chi connectivity index (χ1n) is 7.93. The van der Waals surface area contributed by atoms with Gasteiger partial charge in [-0.25, -0.2) is 5.06 Å². The van der Waals surface area contributed by atoms with Crippen molar-refractivity contribution in [3.8, 4) is 0 Å². The summed E-state index contributed by atoms with van der Waals surface area (Å²) < 4.78 is 0. The standard InChI is InChI=1S/C19H19NO2/c21-16-12-7-13-17-18(16)19(14-8-3-1-4-9-14)20(22-17)15-10-5-2-6-11-15/h1-6,8-11,17-19H,7,12-13H2/t17-,18-,19+/m0/s1. The molecule has 0 bridgehead atoms. The van der Waals surface area contributed by atoms with Gasteiger partial charge in [0.05, 0.1) is 23.8 Å². The van der Waals surface area contributed by atoms with E-state index in [-0.39, 0.29) is 18.1 Å². The number of Topliss-reactive ketones (excluding diaryl/α,β-unsaturated/α-hetero) is 1. The molecule has 2 aliphatic rings. The predicted molar refractivity (Wildman–Crippen MR) is 85.3 cm³/mol. The molecule has 0 radical (unpaired) electrons. The Morgan fingerprint density at radius 3 is 2.36 bits per heavy atom. The molecule has 4 rings (SSSR count). The molecule has 2 aromatic carbocycles. The van der Waals surface area contributed by atoms with Crippen molar-refractivity contribution in [2.75, 3.05) is 5.06 Å². The first-order valence-corrected chi connectivity index (χ1v) is 7.93. The molecule has 22 heavy (non-hydrogen) atoms. The van der Waals surface area contributed by atoms with E-state index < -0.39 is 0 Å². The number of carbonyl (C=O) groups is 1. The second-order valence-electron chi connectivity index (χ2n) is 6.05. The van der Waals surface area contributed by atoms with Crippen LogP contribution in [0.4, 0.5) is 5.69 Å². The summed E-state index contributed by atoms with van der Waals surface area (Å²) in [4.78, 5) is 18.7. The molecule has 1 heterocycles. The van der Waals surface area contributed by atoms with Crippen molar-refractivity contribution in [2.45, 2.75) is 31.4 Å². The number of hydrogen-bond donors (Lipinski definition) is 0. The average Bonchev–Trinajstić information content (AvgIpc) is 2.97. The summed E-state index contributed by atoms with van der Waals surface area (Å²) in [5.41, 5.74) is 2.16. The number of fused-ring (bicyclic) bond motifs is 1. The number of ketones is 1. The van der Waals surface area contributed by atoms with E-state index in [0.717, 1.165) is 24.1 Å². The Balaban J connectivity index is 1.78. The van der Waals surface area contributed by atoms with Crippen molar-refractivity contribution in [1.82, 2.24) is 0 Å². The van der Waals surface area contributed by atoms with Gasteiger partial charge in [-0.1, -0.05) is 48.5 Å². The molecular formula is C19H19NO2. The van der Waals surface area contributed by atoms with E-state index in [1.807, 2.05) is 53.6 Å². The highest BCUT2D eigenvalue weighted by molar-refractivity contribution is 5.84. The Labute approximate surface area is 130 Å². The van der Waals surface area contributed by atoms with Gasteiger partial charge in [0.1, 0.15) is 5.78 Å². The fourth-order valence-electron chi connectivity index (χ4n) is 3.68. The van der Waals surface area contributed by atoms with Crippen LogP contribution < -0.4 is 5.06 Å². The molecule has 1 aliphatic carbocycles. The SMILES string of the molecule is O=C1CCC[C@@H]2ON(c3ccccc3)[C@H](c3ccccc3)[C@@H]12. The van der Waals surface area contributed by atoms with Gasteiger partial charge in [0.25, 0.3) is 0 Å². The summed E-state index contributed by atoms with van der Waals surface area (Å²) in [5, 5.41) is 1.95. The molecule has 0 N–H and O–H groups in total. The summed E-state index contributed by atoms with van der Waals surface area (Å²) in [6.45, 7) is 0. The molecule has 0 aromatic heterocycles. The van der Waals surface area contributed by atoms with E-state index >= 15 is 0 Å². The monoisotopic (exact) mass is 293 g/mol. The van der Waals surface area contributed by atoms with Crippen molar-refractivity contribution in [2.24, 2.45) is 5.92 Å². The van der Waals surface area contributed by atoms with Crippen molar-refractivity contribution >= 4 is 11.5 Å². The van der Waals surface area contributed by atoms with Gasteiger partial charge < -0.3 is 0 Å². The fourth-order valence-corrected chi connectivity index (χ4v) is 3.68. The predicted octanol–water partition coefficient (Wildman–Crippen LogP) is 3.92. The van der Waals surface area contributed by atoms with Crippen molar-refractivity contribution in [1.29, 1.82) is 0 Å². The van der Waals surface area contributed by atoms with E-state index in [1.54, 1.807) is 0 Å². The Bertz CT molecular complexity index is 656. The molecule has 0 spiro atoms. The van der Waals surface area contributed by atoms with Gasteiger partial charge in [-0.2, -0.15) is 0 Å². The number of anilines is 1. The second-order valence-corrected chi connectivity index (χ2v) is 6.05. The molecule has 0 unspecified atom stereocenters. The molecule has 1 saturated carbocycles. The van der Waals surface area contributed by atoms with Gasteiger partial charge in [-0.3, -0.25) is 9.63 Å². The lowest BCUT2D eigenvalue weighted by Gasteiger charge is -2.27. The largest absolute Gasteiger partial charge is 0.299 e. The number of hydrogen-bond acceptors (Lipinski definition) is 3. The van der Waals surface area contributed by atoms with E-state index in [0.29, 0.717) is 12.2 Å². The van der Waals surface area contributed by atoms with Gasteiger partial charge in [-0.05, 0) is 30.5 Å². The summed E-state index contributed by atoms with van der Waals surface area (Å²) in [7, 11) is 0. The smallest absolute Gasteiger partial charge is 0.141 e. The van der Waals surface area contributed by atoms with E-state index in [2.05, 4.69) is 12.1 Å². The van der Waals surface area contributed by atoms with Crippen LogP contribution in [-0.4, -0.2) is 11.9 Å². The van der Waals surface area contributed by atoms with Crippen LogP contribution in [-0.2, 0) is 9.63 Å². The zero-order chi connectivity index (χ0) is 14.9. The summed E-state index contributed by atoms with van der Waals surface area (Å²) in [5.74, 6) is 0.278. The third kappa shape index (κ3) is 2.22. The van der Waals surface area contributed by atoms with Gasteiger partial charge in [-0.15, -0.1) is 0 Å². The third-order valence-corrected chi connectivity index (χ3v) is 4.68. The Morgan fingerprint density at radius 1 is 0.955 bits per heavy atom. The Hall–Kier alpha value is -2.13. The molecule has 1 aliphatic heterocycles. The van der Waals surface area contributed by atoms with Crippen molar-refractivity contribution in [3.63, 3.8) is 0 Å². The fraction of sp³-hybridized carbons (Fsp3) is 0.316. The van der Waals surface area contributed by atoms with Crippen LogP contribution in [0.1, 0.15) is 30.9 Å². The first kappa shape index (κ1) is 13.5. The maximum atomic E-state index is 12.5. The number of benzene rings is 2. The van der Waals surface area contributed by atoms with Crippen LogP contribution in [0.5, 0.6) is 0 Å². The quantitative estimate of drug-likeness (QED) is 0.840. The van der Waals surface area contributed by atoms with Crippen LogP contribution in [0.2, 0.25) is 0 Å². The molecule has 3 nitrogen and oxygen atoms in total. The molecule has 112 valence electrons. The van der Waals surface area contributed by atoms with E-state index in [4.69, 9.17) is 4.84 Å². The van der Waals surface area contributed by atoms with Crippen LogP contribution in [0.3, 0.4) is 0 Å². The minimum Gasteiger partial charge on any atom is -0.299 e. The van der Waals surface area contributed by atoms with Crippen LogP contribution in [0, 0.1) is 5.92 Å². The van der Waals surface area contributed by atoms with Gasteiger partial charge >= 0.3 is 0 Å². The van der Waals surface area contributed by atoms with E-state index in [1.165, 1.54) is 0 Å². The van der Waals surface area contributed by atoms with Crippen molar-refractivity contribution < 1.29 is 9.63 Å². The number of carbonyl (C=O) groups excluding carboxylic acids is 1. The normalized spacial score (nSPS) is 27.7. The number of nitrogens with zero attached hydrogens (tertiary/aromatic N) is 1. The maximum absolute atomic E-state index is 12.5. The molecule has 3 atom stereocenters. The second kappa shape index (κ2) is 5.58. The molecule has 0 amide bonds. The summed E-state index contributed by atoms with van der Waals surface area (Å²) in [6, 6.07) is 20.3. The zero-order valence-electron chi connectivity index (χ0n) is 12.4. The highest BCUT2D eigenvalue weighted by atomic mass is 16.7. The number of para-hydroxylation sites is 1. The lowest BCUT2D eigenvalue weighted by Crippen LogP contribution is -2.32. The Morgan fingerprint density at radius 2 is 1.64 bits per heavy atom. The zero-order valence-corrected chi connectivity index (χ0v) is 12.4. The molecule has 2 aromatic rings. The highest BCUT2D eigenvalue weighted by Crippen LogP contribution is 2.46. The van der Waals surface area contributed by atoms with Crippen LogP contribution in [0.25, 0.3) is 0 Å². The number of hydroxylamine groups is 1. The summed E-state index contributed by atoms with van der Waals surface area (Å²) >= 11 is 0. The topological polar surface area (TPSA) is 29.5 Å². The highest BCUT2D eigenvalue weighted by Gasteiger charge is 2.49. The number of rotatable bonds is 2. The van der Waals surface area contributed by atoms with Crippen LogP contribution >= 0.6 is 0 Å². The molecule has 1 saturated heterocycles. The van der Waals surface area contributed by atoms with Gasteiger partial charge in [0.15, 0.2) is 0 Å². The third-order valence-electron chi connectivity index (χ3n) is 4.68. The van der Waals surface area contributed by atoms with Crippen molar-refractivity contribution in [3.05, 3.63) is 66.2 Å². The summed E-state index contributed by atoms with van der Waals surface area (Å²) in [6.07, 6.45) is 2.58. The maximum Gasteiger partial charge on any atom is 0.141 e. The lowest BCUT2D eigenvalue weighted by atomic mass is 9.79. The first-order chi connectivity index (χ1) is 10.8. The molecular weight excluding hydrogens is 274 g/mol. The minimum atomic E-state index is -0.0589. The molecule has 3 heteroatoms. The minimum absolute atomic E-state index is 0.00617. The average molecular weight is 293 g/mol. The van der Waals surface area contributed by atoms with Crippen LogP contribution in [0.15, 0.2) is 60.7 Å².